The molecule has 3 aromatic rings. The van der Waals surface area contributed by atoms with Crippen molar-refractivity contribution in [3.63, 3.8) is 0 Å². The average molecular weight is 438 g/mol. The molecule has 0 aromatic carbocycles. The number of amides is 1. The van der Waals surface area contributed by atoms with Gasteiger partial charge in [0.05, 0.1) is 37.9 Å². The molecule has 168 valence electrons. The van der Waals surface area contributed by atoms with E-state index in [-0.39, 0.29) is 12.2 Å². The van der Waals surface area contributed by atoms with Gasteiger partial charge in [-0.2, -0.15) is 0 Å². The first kappa shape index (κ1) is 19.6. The number of pyridine rings is 1. The quantitative estimate of drug-likeness (QED) is 0.666. The monoisotopic (exact) mass is 438 g/mol. The standard InChI is InChI=1S/C22H26N6O4/c29-22(32-16-12-31-13-16)27-6-4-26(5-7-27)20-1-3-23-21-17(20)9-18(25-21)19-10-28(14-24-19)15-2-8-30-11-15/h1,3,9-10,14-16H,2,4-8,11-13H2,(H,23,25)/t15-/m1/s1. The van der Waals surface area contributed by atoms with Crippen LogP contribution >= 0.6 is 0 Å². The van der Waals surface area contributed by atoms with E-state index in [1.165, 1.54) is 0 Å². The third kappa shape index (κ3) is 3.59. The Balaban J connectivity index is 1.18. The third-order valence-electron chi connectivity index (χ3n) is 6.47. The number of piperazine rings is 1. The predicted molar refractivity (Wildman–Crippen MR) is 117 cm³/mol. The molecule has 6 heterocycles. The van der Waals surface area contributed by atoms with Gasteiger partial charge in [-0.25, -0.2) is 14.8 Å². The summed E-state index contributed by atoms with van der Waals surface area (Å²) in [6, 6.07) is 4.51. The van der Waals surface area contributed by atoms with Gasteiger partial charge < -0.3 is 33.6 Å². The molecular weight excluding hydrogens is 412 g/mol. The molecule has 0 radical (unpaired) electrons. The van der Waals surface area contributed by atoms with Crippen molar-refractivity contribution >= 4 is 22.8 Å². The first-order valence-electron chi connectivity index (χ1n) is 11.1. The van der Waals surface area contributed by atoms with E-state index >= 15 is 0 Å². The molecule has 3 aliphatic rings. The molecule has 0 saturated carbocycles. The Labute approximate surface area is 185 Å². The number of hydrogen-bond acceptors (Lipinski definition) is 7. The van der Waals surface area contributed by atoms with Crippen molar-refractivity contribution in [1.82, 2.24) is 24.4 Å². The SMILES string of the molecule is O=C(OC1COC1)N1CCN(c2ccnc3[nH]c(-c4cn([C@@H]5CCOC5)cn4)cc23)CC1. The van der Waals surface area contributed by atoms with Crippen LogP contribution in [0, 0.1) is 0 Å². The summed E-state index contributed by atoms with van der Waals surface area (Å²) in [7, 11) is 0. The topological polar surface area (TPSA) is 97.7 Å². The number of anilines is 1. The number of hydrogen-bond donors (Lipinski definition) is 1. The van der Waals surface area contributed by atoms with Crippen LogP contribution in [0.4, 0.5) is 10.5 Å². The average Bonchev–Trinajstić information content (AvgIpc) is 3.55. The lowest BCUT2D eigenvalue weighted by Crippen LogP contribution is -2.51. The van der Waals surface area contributed by atoms with Gasteiger partial charge in [0.15, 0.2) is 6.10 Å². The Hall–Kier alpha value is -3.11. The number of ether oxygens (including phenoxy) is 3. The summed E-state index contributed by atoms with van der Waals surface area (Å²) in [6.07, 6.45) is 6.45. The highest BCUT2D eigenvalue weighted by Gasteiger charge is 2.28. The maximum absolute atomic E-state index is 12.3. The Morgan fingerprint density at radius 2 is 2.00 bits per heavy atom. The van der Waals surface area contributed by atoms with E-state index in [1.54, 1.807) is 4.90 Å². The number of nitrogens with zero attached hydrogens (tertiary/aromatic N) is 5. The van der Waals surface area contributed by atoms with Gasteiger partial charge in [-0.05, 0) is 18.6 Å². The predicted octanol–water partition coefficient (Wildman–Crippen LogP) is 2.05. The van der Waals surface area contributed by atoms with Crippen molar-refractivity contribution in [3.8, 4) is 11.4 Å². The number of aromatic amines is 1. The van der Waals surface area contributed by atoms with E-state index in [9.17, 15) is 4.79 Å². The fourth-order valence-corrected chi connectivity index (χ4v) is 4.49. The number of aromatic nitrogens is 4. The van der Waals surface area contributed by atoms with Gasteiger partial charge in [-0.15, -0.1) is 0 Å². The highest BCUT2D eigenvalue weighted by Crippen LogP contribution is 2.31. The van der Waals surface area contributed by atoms with Gasteiger partial charge in [-0.1, -0.05) is 0 Å². The zero-order chi connectivity index (χ0) is 21.5. The Morgan fingerprint density at radius 3 is 2.75 bits per heavy atom. The van der Waals surface area contributed by atoms with E-state index in [0.29, 0.717) is 32.3 Å². The Kier molecular flexibility index (Phi) is 4.95. The van der Waals surface area contributed by atoms with Crippen molar-refractivity contribution in [1.29, 1.82) is 0 Å². The van der Waals surface area contributed by atoms with E-state index in [1.807, 2.05) is 18.6 Å². The van der Waals surface area contributed by atoms with Crippen LogP contribution in [-0.2, 0) is 14.2 Å². The van der Waals surface area contributed by atoms with Crippen LogP contribution in [0.25, 0.3) is 22.4 Å². The second-order valence-corrected chi connectivity index (χ2v) is 8.52. The lowest BCUT2D eigenvalue weighted by Gasteiger charge is -2.37. The van der Waals surface area contributed by atoms with E-state index in [2.05, 4.69) is 36.7 Å². The molecule has 10 nitrogen and oxygen atoms in total. The van der Waals surface area contributed by atoms with Crippen molar-refractivity contribution in [3.05, 3.63) is 30.9 Å². The lowest BCUT2D eigenvalue weighted by molar-refractivity contribution is -0.104. The minimum Gasteiger partial charge on any atom is -0.441 e. The van der Waals surface area contributed by atoms with Gasteiger partial charge >= 0.3 is 6.09 Å². The molecule has 0 bridgehead atoms. The maximum atomic E-state index is 12.3. The fourth-order valence-electron chi connectivity index (χ4n) is 4.49. The summed E-state index contributed by atoms with van der Waals surface area (Å²) in [4.78, 5) is 28.9. The van der Waals surface area contributed by atoms with Crippen molar-refractivity contribution < 1.29 is 19.0 Å². The normalized spacial score (nSPS) is 21.8. The zero-order valence-corrected chi connectivity index (χ0v) is 17.8. The molecule has 0 aliphatic carbocycles. The van der Waals surface area contributed by atoms with Gasteiger partial charge in [0.25, 0.3) is 0 Å². The summed E-state index contributed by atoms with van der Waals surface area (Å²) in [5, 5.41) is 1.06. The van der Waals surface area contributed by atoms with Crippen LogP contribution in [-0.4, -0.2) is 89.2 Å². The van der Waals surface area contributed by atoms with E-state index in [0.717, 1.165) is 60.8 Å². The molecular formula is C22H26N6O4. The van der Waals surface area contributed by atoms with Gasteiger partial charge in [0.1, 0.15) is 11.3 Å². The fraction of sp³-hybridized carbons (Fsp3) is 0.500. The molecule has 32 heavy (non-hydrogen) atoms. The number of carbonyl (C=O) groups excluding carboxylic acids is 1. The summed E-state index contributed by atoms with van der Waals surface area (Å²) in [6.45, 7) is 5.29. The van der Waals surface area contributed by atoms with Gasteiger partial charge in [0.2, 0.25) is 0 Å². The Bertz CT molecular complexity index is 1110. The smallest absolute Gasteiger partial charge is 0.410 e. The van der Waals surface area contributed by atoms with Crippen LogP contribution < -0.4 is 4.90 Å². The van der Waals surface area contributed by atoms with Crippen LogP contribution in [0.15, 0.2) is 30.9 Å². The molecule has 0 spiro atoms. The number of fused-ring (bicyclic) bond motifs is 1. The first-order chi connectivity index (χ1) is 15.7. The second kappa shape index (κ2) is 8.10. The van der Waals surface area contributed by atoms with Crippen molar-refractivity contribution in [2.45, 2.75) is 18.6 Å². The summed E-state index contributed by atoms with van der Waals surface area (Å²) in [5.74, 6) is 0. The molecule has 6 rings (SSSR count). The lowest BCUT2D eigenvalue weighted by atomic mass is 10.2. The number of carbonyl (C=O) groups is 1. The van der Waals surface area contributed by atoms with Crippen LogP contribution in [0.3, 0.4) is 0 Å². The third-order valence-corrected chi connectivity index (χ3v) is 6.47. The molecule has 1 N–H and O–H groups in total. The number of nitrogens with one attached hydrogen (secondary N) is 1. The number of rotatable bonds is 4. The Morgan fingerprint density at radius 1 is 1.12 bits per heavy atom. The molecule has 10 heteroatoms. The molecule has 3 aromatic heterocycles. The van der Waals surface area contributed by atoms with Crippen molar-refractivity contribution in [2.75, 3.05) is 57.5 Å². The molecule has 3 fully saturated rings. The van der Waals surface area contributed by atoms with Gasteiger partial charge in [-0.3, -0.25) is 0 Å². The summed E-state index contributed by atoms with van der Waals surface area (Å²) >= 11 is 0. The molecule has 3 saturated heterocycles. The van der Waals surface area contributed by atoms with Crippen LogP contribution in [0.5, 0.6) is 0 Å². The first-order valence-corrected chi connectivity index (χ1v) is 11.1. The highest BCUT2D eigenvalue weighted by molar-refractivity contribution is 5.93. The van der Waals surface area contributed by atoms with E-state index in [4.69, 9.17) is 14.2 Å². The van der Waals surface area contributed by atoms with Crippen LogP contribution in [0.2, 0.25) is 0 Å². The zero-order valence-electron chi connectivity index (χ0n) is 17.8. The van der Waals surface area contributed by atoms with Gasteiger partial charge in [0, 0.05) is 56.3 Å². The van der Waals surface area contributed by atoms with E-state index < -0.39 is 0 Å². The van der Waals surface area contributed by atoms with Crippen molar-refractivity contribution in [2.24, 2.45) is 0 Å². The summed E-state index contributed by atoms with van der Waals surface area (Å²) in [5.41, 5.74) is 3.79. The minimum atomic E-state index is -0.245. The highest BCUT2D eigenvalue weighted by atomic mass is 16.6. The molecule has 1 atom stereocenters. The molecule has 0 unspecified atom stereocenters. The largest absolute Gasteiger partial charge is 0.441 e. The molecule has 3 aliphatic heterocycles. The number of imidazole rings is 1. The maximum Gasteiger partial charge on any atom is 0.410 e. The minimum absolute atomic E-state index is 0.0942. The number of H-pyrrole nitrogens is 1. The molecule has 1 amide bonds. The van der Waals surface area contributed by atoms with Crippen LogP contribution in [0.1, 0.15) is 12.5 Å². The summed E-state index contributed by atoms with van der Waals surface area (Å²) < 4.78 is 18.1. The second-order valence-electron chi connectivity index (χ2n) is 8.52.